The highest BCUT2D eigenvalue weighted by Gasteiger charge is 2.69. The Hall–Kier alpha value is -1.56. The molecule has 3 aromatic rings. The first-order chi connectivity index (χ1) is 11.8. The molecule has 1 aliphatic rings. The number of hydrogen-bond donors (Lipinski definition) is 0. The van der Waals surface area contributed by atoms with Crippen LogP contribution >= 0.6 is 19.0 Å². The summed E-state index contributed by atoms with van der Waals surface area (Å²) in [5.74, 6) is 0. The van der Waals surface area contributed by atoms with E-state index < -0.39 is 7.26 Å². The molecule has 1 fully saturated rings. The molecular formula is C22H22PS+. The second kappa shape index (κ2) is 6.39. The van der Waals surface area contributed by atoms with Gasteiger partial charge in [-0.1, -0.05) is 54.6 Å². The molecule has 24 heavy (non-hydrogen) atoms. The lowest BCUT2D eigenvalue weighted by molar-refractivity contribution is 1.36. The largest absolute Gasteiger partial charge is 0.139 e. The van der Waals surface area contributed by atoms with E-state index in [9.17, 15) is 0 Å². The molecule has 0 N–H and O–H groups in total. The predicted octanol–water partition coefficient (Wildman–Crippen LogP) is 4.83. The molecule has 0 spiro atoms. The van der Waals surface area contributed by atoms with Gasteiger partial charge in [-0.3, -0.25) is 0 Å². The highest BCUT2D eigenvalue weighted by molar-refractivity contribution is 8.15. The van der Waals surface area contributed by atoms with E-state index in [-0.39, 0.29) is 0 Å². The van der Waals surface area contributed by atoms with Crippen molar-refractivity contribution in [2.24, 2.45) is 0 Å². The summed E-state index contributed by atoms with van der Waals surface area (Å²) >= 11 is 2.08. The SMILES string of the molecule is CSC1([P+](c2ccccc2)(c2ccccc2)c2ccccc2)CC1. The van der Waals surface area contributed by atoms with Gasteiger partial charge in [-0.25, -0.2) is 0 Å². The first-order valence-corrected chi connectivity index (χ1v) is 11.5. The minimum atomic E-state index is -1.68. The molecule has 0 nitrogen and oxygen atoms in total. The van der Waals surface area contributed by atoms with E-state index in [2.05, 4.69) is 109 Å². The standard InChI is InChI=1S/C22H22PS/c1-24-22(17-18-22)23(19-11-5-2-6-12-19,20-13-7-3-8-14-20)21-15-9-4-10-16-21/h2-16H,17-18H2,1H3/q+1. The maximum absolute atomic E-state index is 2.35. The molecule has 1 aliphatic carbocycles. The van der Waals surface area contributed by atoms with Crippen LogP contribution in [0.4, 0.5) is 0 Å². The van der Waals surface area contributed by atoms with Gasteiger partial charge in [-0.05, 0) is 42.7 Å². The zero-order valence-electron chi connectivity index (χ0n) is 13.9. The lowest BCUT2D eigenvalue weighted by Gasteiger charge is -2.34. The van der Waals surface area contributed by atoms with Gasteiger partial charge in [0.05, 0.1) is 0 Å². The zero-order chi connectivity index (χ0) is 16.5. The van der Waals surface area contributed by atoms with Crippen molar-refractivity contribution in [2.75, 3.05) is 6.26 Å². The topological polar surface area (TPSA) is 0 Å². The third-order valence-corrected chi connectivity index (χ3v) is 12.5. The van der Waals surface area contributed by atoms with Crippen LogP contribution in [-0.4, -0.2) is 10.7 Å². The second-order valence-corrected chi connectivity index (χ2v) is 11.6. The molecule has 0 unspecified atom stereocenters. The molecule has 0 bridgehead atoms. The molecule has 0 amide bonds. The fraction of sp³-hybridized carbons (Fsp3) is 0.182. The Kier molecular flexibility index (Phi) is 4.24. The summed E-state index contributed by atoms with van der Waals surface area (Å²) in [5.41, 5.74) is 0. The van der Waals surface area contributed by atoms with Crippen LogP contribution in [0.5, 0.6) is 0 Å². The highest BCUT2D eigenvalue weighted by atomic mass is 32.2. The van der Waals surface area contributed by atoms with E-state index in [0.29, 0.717) is 4.49 Å². The molecule has 0 heterocycles. The third-order valence-electron chi connectivity index (χ3n) is 5.10. The van der Waals surface area contributed by atoms with Crippen molar-refractivity contribution in [3.8, 4) is 0 Å². The third kappa shape index (κ3) is 2.34. The van der Waals surface area contributed by atoms with Crippen LogP contribution in [0, 0.1) is 0 Å². The van der Waals surface area contributed by atoms with Crippen LogP contribution in [0.3, 0.4) is 0 Å². The van der Waals surface area contributed by atoms with Gasteiger partial charge in [0.1, 0.15) is 27.7 Å². The summed E-state index contributed by atoms with van der Waals surface area (Å²) in [5, 5.41) is 4.53. The highest BCUT2D eigenvalue weighted by Crippen LogP contribution is 2.79. The maximum atomic E-state index is 2.35. The normalized spacial score (nSPS) is 15.9. The molecule has 120 valence electrons. The van der Waals surface area contributed by atoms with Crippen molar-refractivity contribution in [3.63, 3.8) is 0 Å². The summed E-state index contributed by atoms with van der Waals surface area (Å²) in [6.07, 6.45) is 4.91. The minimum Gasteiger partial charge on any atom is -0.117 e. The Morgan fingerprint density at radius 3 is 1.21 bits per heavy atom. The van der Waals surface area contributed by atoms with Crippen LogP contribution in [-0.2, 0) is 0 Å². The van der Waals surface area contributed by atoms with Gasteiger partial charge in [0.15, 0.2) is 0 Å². The Morgan fingerprint density at radius 2 is 0.958 bits per heavy atom. The molecule has 0 aromatic heterocycles. The first kappa shape index (κ1) is 15.9. The van der Waals surface area contributed by atoms with E-state index in [4.69, 9.17) is 0 Å². The van der Waals surface area contributed by atoms with Crippen LogP contribution in [0.1, 0.15) is 12.8 Å². The lowest BCUT2D eigenvalue weighted by Crippen LogP contribution is -2.38. The maximum Gasteiger partial charge on any atom is 0.139 e. The van der Waals surface area contributed by atoms with Gasteiger partial charge in [-0.2, -0.15) is 0 Å². The molecule has 0 atom stereocenters. The summed E-state index contributed by atoms with van der Waals surface area (Å²) in [7, 11) is -1.68. The first-order valence-electron chi connectivity index (χ1n) is 8.45. The Bertz CT molecular complexity index is 698. The quantitative estimate of drug-likeness (QED) is 0.594. The number of thioether (sulfide) groups is 1. The van der Waals surface area contributed by atoms with E-state index in [1.54, 1.807) is 0 Å². The van der Waals surface area contributed by atoms with Gasteiger partial charge in [0.25, 0.3) is 0 Å². The average Bonchev–Trinajstić information content (AvgIpc) is 3.47. The van der Waals surface area contributed by atoms with Crippen LogP contribution in [0.25, 0.3) is 0 Å². The second-order valence-electron chi connectivity index (χ2n) is 6.33. The van der Waals surface area contributed by atoms with Crippen molar-refractivity contribution in [1.29, 1.82) is 0 Å². The van der Waals surface area contributed by atoms with Crippen LogP contribution in [0.15, 0.2) is 91.0 Å². The fourth-order valence-electron chi connectivity index (χ4n) is 3.89. The van der Waals surface area contributed by atoms with E-state index in [1.807, 2.05) is 0 Å². The number of hydrogen-bond acceptors (Lipinski definition) is 1. The van der Waals surface area contributed by atoms with Gasteiger partial charge < -0.3 is 0 Å². The molecule has 0 saturated heterocycles. The zero-order valence-corrected chi connectivity index (χ0v) is 15.6. The number of benzene rings is 3. The fourth-order valence-corrected chi connectivity index (χ4v) is 11.4. The predicted molar refractivity (Wildman–Crippen MR) is 111 cm³/mol. The minimum absolute atomic E-state index is 0.344. The Morgan fingerprint density at radius 1 is 0.625 bits per heavy atom. The lowest BCUT2D eigenvalue weighted by atomic mass is 10.4. The summed E-state index contributed by atoms with van der Waals surface area (Å²) in [6.45, 7) is 0. The van der Waals surface area contributed by atoms with Gasteiger partial charge in [-0.15, -0.1) is 11.8 Å². The van der Waals surface area contributed by atoms with Gasteiger partial charge >= 0.3 is 0 Å². The monoisotopic (exact) mass is 349 g/mol. The molecule has 4 rings (SSSR count). The van der Waals surface area contributed by atoms with E-state index >= 15 is 0 Å². The summed E-state index contributed by atoms with van der Waals surface area (Å²) < 4.78 is 0.344. The molecule has 1 saturated carbocycles. The summed E-state index contributed by atoms with van der Waals surface area (Å²) in [6, 6.07) is 33.7. The van der Waals surface area contributed by atoms with Crippen molar-refractivity contribution in [2.45, 2.75) is 17.3 Å². The van der Waals surface area contributed by atoms with E-state index in [0.717, 1.165) is 0 Å². The molecule has 3 aromatic carbocycles. The van der Waals surface area contributed by atoms with Crippen molar-refractivity contribution < 1.29 is 0 Å². The number of rotatable bonds is 5. The Labute approximate surface area is 149 Å². The molecule has 0 aliphatic heterocycles. The smallest absolute Gasteiger partial charge is 0.117 e. The van der Waals surface area contributed by atoms with Crippen molar-refractivity contribution in [3.05, 3.63) is 91.0 Å². The van der Waals surface area contributed by atoms with Crippen LogP contribution < -0.4 is 15.9 Å². The molecule has 2 heteroatoms. The van der Waals surface area contributed by atoms with Crippen molar-refractivity contribution in [1.82, 2.24) is 0 Å². The van der Waals surface area contributed by atoms with E-state index in [1.165, 1.54) is 28.8 Å². The molecular weight excluding hydrogens is 327 g/mol. The van der Waals surface area contributed by atoms with Crippen molar-refractivity contribution >= 4 is 34.9 Å². The summed E-state index contributed by atoms with van der Waals surface area (Å²) in [4.78, 5) is 0. The van der Waals surface area contributed by atoms with Gasteiger partial charge in [0, 0.05) is 12.8 Å². The molecule has 0 radical (unpaired) electrons. The van der Waals surface area contributed by atoms with Gasteiger partial charge in [0.2, 0.25) is 0 Å². The average molecular weight is 349 g/mol. The van der Waals surface area contributed by atoms with Crippen LogP contribution in [0.2, 0.25) is 0 Å². The Balaban J connectivity index is 2.08.